The summed E-state index contributed by atoms with van der Waals surface area (Å²) in [6, 6.07) is 0.322. The van der Waals surface area contributed by atoms with Gasteiger partial charge >= 0.3 is 0 Å². The molecule has 2 N–H and O–H groups in total. The van der Waals surface area contributed by atoms with Gasteiger partial charge in [0.1, 0.15) is 0 Å². The molecule has 0 aromatic carbocycles. The lowest BCUT2D eigenvalue weighted by atomic mass is 10.0. The maximum atomic E-state index is 5.36. The summed E-state index contributed by atoms with van der Waals surface area (Å²) in [5.41, 5.74) is 0. The first kappa shape index (κ1) is 8.43. The highest BCUT2D eigenvalue weighted by Crippen LogP contribution is 2.19. The molecule has 0 spiro atoms. The quantitative estimate of drug-likeness (QED) is 0.691. The van der Waals surface area contributed by atoms with Crippen molar-refractivity contribution < 1.29 is 4.74 Å². The molecule has 1 aromatic rings. The van der Waals surface area contributed by atoms with E-state index in [0.717, 1.165) is 19.6 Å². The van der Waals surface area contributed by atoms with Gasteiger partial charge in [0, 0.05) is 5.92 Å². The van der Waals surface area contributed by atoms with Crippen LogP contribution in [-0.4, -0.2) is 39.9 Å². The van der Waals surface area contributed by atoms with Crippen LogP contribution in [0.25, 0.3) is 0 Å². The van der Waals surface area contributed by atoms with Crippen LogP contribution < -0.4 is 5.32 Å². The average molecular weight is 183 g/mol. The van der Waals surface area contributed by atoms with E-state index in [1.54, 1.807) is 0 Å². The predicted molar refractivity (Wildman–Crippen MR) is 46.2 cm³/mol. The number of nitrogens with zero attached hydrogens (tertiary/aromatic N) is 3. The lowest BCUT2D eigenvalue weighted by Crippen LogP contribution is -2.27. The minimum Gasteiger partial charge on any atom is -0.379 e. The van der Waals surface area contributed by atoms with E-state index in [-0.39, 0.29) is 0 Å². The van der Waals surface area contributed by atoms with Crippen molar-refractivity contribution in [3.8, 4) is 0 Å². The minimum absolute atomic E-state index is 0.322. The number of tetrazole rings is 1. The molecule has 6 nitrogen and oxygen atoms in total. The number of ether oxygens (including phenoxy) is 1. The predicted octanol–water partition coefficient (Wildman–Crippen LogP) is 0.0366. The zero-order chi connectivity index (χ0) is 9.10. The zero-order valence-electron chi connectivity index (χ0n) is 7.53. The molecule has 13 heavy (non-hydrogen) atoms. The fourth-order valence-corrected chi connectivity index (χ4v) is 1.55. The van der Waals surface area contributed by atoms with Gasteiger partial charge in [0.15, 0.2) is 0 Å². The highest BCUT2D eigenvalue weighted by Gasteiger charge is 2.27. The molecule has 1 aliphatic rings. The topological polar surface area (TPSA) is 75.7 Å². The normalized spacial score (nSPS) is 27.8. The van der Waals surface area contributed by atoms with E-state index in [4.69, 9.17) is 4.74 Å². The van der Waals surface area contributed by atoms with Gasteiger partial charge in [-0.1, -0.05) is 12.0 Å². The number of rotatable bonds is 3. The molecule has 1 aliphatic heterocycles. The van der Waals surface area contributed by atoms with Crippen LogP contribution in [0.1, 0.15) is 13.3 Å². The van der Waals surface area contributed by atoms with Crippen molar-refractivity contribution in [1.82, 2.24) is 20.6 Å². The first-order valence-corrected chi connectivity index (χ1v) is 4.48. The maximum Gasteiger partial charge on any atom is 0.263 e. The zero-order valence-corrected chi connectivity index (χ0v) is 7.53. The summed E-state index contributed by atoms with van der Waals surface area (Å²) in [7, 11) is 0. The molecule has 1 fully saturated rings. The molecule has 2 atom stereocenters. The van der Waals surface area contributed by atoms with Crippen molar-refractivity contribution in [3.63, 3.8) is 0 Å². The summed E-state index contributed by atoms with van der Waals surface area (Å²) in [6.07, 6.45) is 1.11. The number of nitrogens with one attached hydrogen (secondary N) is 2. The molecule has 2 unspecified atom stereocenters. The van der Waals surface area contributed by atoms with Gasteiger partial charge in [-0.3, -0.25) is 0 Å². The van der Waals surface area contributed by atoms with Gasteiger partial charge in [-0.15, -0.1) is 5.10 Å². The van der Waals surface area contributed by atoms with E-state index < -0.39 is 0 Å². The van der Waals surface area contributed by atoms with Crippen LogP contribution in [0.2, 0.25) is 0 Å². The summed E-state index contributed by atoms with van der Waals surface area (Å²) in [5, 5.41) is 16.7. The number of hydrogen-bond donors (Lipinski definition) is 2. The number of H-pyrrole nitrogens is 1. The minimum atomic E-state index is 0.322. The van der Waals surface area contributed by atoms with Gasteiger partial charge in [-0.2, -0.15) is 5.21 Å². The summed E-state index contributed by atoms with van der Waals surface area (Å²) in [5.74, 6) is 1.10. The fraction of sp³-hybridized carbons (Fsp3) is 0.857. The second kappa shape index (κ2) is 3.69. The first-order chi connectivity index (χ1) is 6.40. The second-order valence-electron chi connectivity index (χ2n) is 3.19. The molecule has 2 rings (SSSR count). The number of aromatic nitrogens is 4. The Morgan fingerprint density at radius 2 is 2.54 bits per heavy atom. The van der Waals surface area contributed by atoms with Gasteiger partial charge in [0.2, 0.25) is 0 Å². The molecular formula is C7H13N5O. The molecular weight excluding hydrogens is 170 g/mol. The van der Waals surface area contributed by atoms with Crippen LogP contribution in [0.4, 0.5) is 5.95 Å². The number of hydrogen-bond acceptors (Lipinski definition) is 5. The molecule has 0 saturated carbocycles. The lowest BCUT2D eigenvalue weighted by molar-refractivity contribution is 0.184. The molecule has 0 aliphatic carbocycles. The average Bonchev–Trinajstić information content (AvgIpc) is 2.76. The van der Waals surface area contributed by atoms with Crippen molar-refractivity contribution in [3.05, 3.63) is 0 Å². The molecule has 1 aromatic heterocycles. The Hall–Kier alpha value is -1.17. The number of anilines is 1. The Kier molecular flexibility index (Phi) is 2.40. The molecule has 0 bridgehead atoms. The lowest BCUT2D eigenvalue weighted by Gasteiger charge is -2.15. The van der Waals surface area contributed by atoms with E-state index in [0.29, 0.717) is 17.9 Å². The molecule has 6 heteroatoms. The fourth-order valence-electron chi connectivity index (χ4n) is 1.55. The van der Waals surface area contributed by atoms with Crippen LogP contribution in [-0.2, 0) is 4.74 Å². The van der Waals surface area contributed by atoms with Crippen molar-refractivity contribution in [2.75, 3.05) is 18.5 Å². The van der Waals surface area contributed by atoms with Crippen molar-refractivity contribution in [1.29, 1.82) is 0 Å². The van der Waals surface area contributed by atoms with Crippen molar-refractivity contribution in [2.45, 2.75) is 19.4 Å². The van der Waals surface area contributed by atoms with E-state index >= 15 is 0 Å². The third-order valence-electron chi connectivity index (χ3n) is 2.38. The van der Waals surface area contributed by atoms with Crippen LogP contribution in [0, 0.1) is 5.92 Å². The summed E-state index contributed by atoms with van der Waals surface area (Å²) in [4.78, 5) is 0. The van der Waals surface area contributed by atoms with Gasteiger partial charge in [-0.05, 0) is 11.6 Å². The third kappa shape index (κ3) is 1.77. The Labute approximate surface area is 76.1 Å². The van der Waals surface area contributed by atoms with Gasteiger partial charge in [-0.25, -0.2) is 0 Å². The highest BCUT2D eigenvalue weighted by molar-refractivity contribution is 5.22. The van der Waals surface area contributed by atoms with Crippen LogP contribution in [0.3, 0.4) is 0 Å². The summed E-state index contributed by atoms with van der Waals surface area (Å²) >= 11 is 0. The SMILES string of the molecule is CCC1COCC1Nc1nn[nH]n1. The van der Waals surface area contributed by atoms with E-state index in [1.807, 2.05) is 0 Å². The van der Waals surface area contributed by atoms with Gasteiger partial charge in [0.25, 0.3) is 5.95 Å². The van der Waals surface area contributed by atoms with E-state index in [2.05, 4.69) is 32.9 Å². The Morgan fingerprint density at radius 1 is 1.62 bits per heavy atom. The largest absolute Gasteiger partial charge is 0.379 e. The molecule has 2 heterocycles. The first-order valence-electron chi connectivity index (χ1n) is 4.48. The monoisotopic (exact) mass is 183 g/mol. The van der Waals surface area contributed by atoms with E-state index in [1.165, 1.54) is 0 Å². The standard InChI is InChI=1S/C7H13N5O/c1-2-5-3-13-4-6(5)8-7-9-11-12-10-7/h5-6H,2-4H2,1H3,(H2,8,9,10,11,12). The smallest absolute Gasteiger partial charge is 0.263 e. The van der Waals surface area contributed by atoms with Gasteiger partial charge < -0.3 is 10.1 Å². The van der Waals surface area contributed by atoms with Gasteiger partial charge in [0.05, 0.1) is 19.3 Å². The van der Waals surface area contributed by atoms with Crippen molar-refractivity contribution in [2.24, 2.45) is 5.92 Å². The van der Waals surface area contributed by atoms with Crippen LogP contribution >= 0.6 is 0 Å². The maximum absolute atomic E-state index is 5.36. The third-order valence-corrected chi connectivity index (χ3v) is 2.38. The van der Waals surface area contributed by atoms with Crippen molar-refractivity contribution >= 4 is 5.95 Å². The van der Waals surface area contributed by atoms with E-state index in [9.17, 15) is 0 Å². The van der Waals surface area contributed by atoms with Crippen LogP contribution in [0.5, 0.6) is 0 Å². The molecule has 0 radical (unpaired) electrons. The summed E-state index contributed by atoms with van der Waals surface area (Å²) in [6.45, 7) is 3.71. The number of aromatic amines is 1. The summed E-state index contributed by atoms with van der Waals surface area (Å²) < 4.78 is 5.36. The van der Waals surface area contributed by atoms with Crippen LogP contribution in [0.15, 0.2) is 0 Å². The highest BCUT2D eigenvalue weighted by atomic mass is 16.5. The Morgan fingerprint density at radius 3 is 3.23 bits per heavy atom. The molecule has 72 valence electrons. The molecule has 1 saturated heterocycles. The second-order valence-corrected chi connectivity index (χ2v) is 3.19. The Bertz CT molecular complexity index is 249. The Balaban J connectivity index is 1.94. The molecule has 0 amide bonds.